The number of H-pyrrole nitrogens is 1. The lowest BCUT2D eigenvalue weighted by Gasteiger charge is -2.34. The molecule has 1 aromatic heterocycles. The van der Waals surface area contributed by atoms with Crippen molar-refractivity contribution < 1.29 is 14.3 Å². The van der Waals surface area contributed by atoms with Gasteiger partial charge >= 0.3 is 6.09 Å². The smallest absolute Gasteiger partial charge is 0.410 e. The van der Waals surface area contributed by atoms with E-state index in [4.69, 9.17) is 27.9 Å². The SMILES string of the molecule is O=C(OCc1cc(Cl)cc(Cl)c1)N1CC2CCN(C(=O)c3ccc4[nH]nnc4c3)CC2C1. The Balaban J connectivity index is 1.19. The zero-order chi connectivity index (χ0) is 22.2. The first-order valence-corrected chi connectivity index (χ1v) is 11.2. The van der Waals surface area contributed by atoms with Crippen LogP contribution in [0.25, 0.3) is 11.0 Å². The third kappa shape index (κ3) is 4.25. The fourth-order valence-electron chi connectivity index (χ4n) is 4.59. The quantitative estimate of drug-likeness (QED) is 0.620. The second-order valence-electron chi connectivity index (χ2n) is 8.34. The second-order valence-corrected chi connectivity index (χ2v) is 9.21. The molecule has 2 unspecified atom stereocenters. The molecule has 166 valence electrons. The highest BCUT2D eigenvalue weighted by molar-refractivity contribution is 6.34. The van der Waals surface area contributed by atoms with Crippen molar-refractivity contribution in [2.24, 2.45) is 11.8 Å². The first-order chi connectivity index (χ1) is 15.5. The van der Waals surface area contributed by atoms with Gasteiger partial charge in [-0.3, -0.25) is 9.89 Å². The Bertz CT molecular complexity index is 1160. The predicted molar refractivity (Wildman–Crippen MR) is 120 cm³/mol. The van der Waals surface area contributed by atoms with Gasteiger partial charge in [-0.05, 0) is 60.2 Å². The molecule has 0 spiro atoms. The van der Waals surface area contributed by atoms with E-state index in [0.29, 0.717) is 53.2 Å². The van der Waals surface area contributed by atoms with Gasteiger partial charge in [-0.25, -0.2) is 4.79 Å². The van der Waals surface area contributed by atoms with Crippen molar-refractivity contribution in [3.63, 3.8) is 0 Å². The van der Waals surface area contributed by atoms with Gasteiger partial charge < -0.3 is 14.5 Å². The number of aromatic amines is 1. The number of halogens is 2. The Morgan fingerprint density at radius 3 is 2.59 bits per heavy atom. The average Bonchev–Trinajstić information content (AvgIpc) is 3.42. The number of fused-ring (bicyclic) bond motifs is 2. The highest BCUT2D eigenvalue weighted by atomic mass is 35.5. The van der Waals surface area contributed by atoms with Crippen molar-refractivity contribution in [3.05, 3.63) is 57.6 Å². The standard InChI is InChI=1S/C22H21Cl2N5O3/c23-17-5-13(6-18(24)8-17)12-32-22(31)29-9-15-3-4-28(10-16(15)11-29)21(30)14-1-2-19-20(7-14)26-27-25-19/h1-2,5-8,15-16H,3-4,9-12H2,(H,25,26,27). The summed E-state index contributed by atoms with van der Waals surface area (Å²) in [5.41, 5.74) is 2.80. The lowest BCUT2D eigenvalue weighted by molar-refractivity contribution is 0.0642. The molecule has 3 aromatic rings. The highest BCUT2D eigenvalue weighted by Crippen LogP contribution is 2.32. The monoisotopic (exact) mass is 473 g/mol. The van der Waals surface area contributed by atoms with Crippen LogP contribution in [0.2, 0.25) is 10.0 Å². The number of carbonyl (C=O) groups excluding carboxylic acids is 2. The van der Waals surface area contributed by atoms with E-state index in [1.54, 1.807) is 35.2 Å². The molecule has 0 aliphatic carbocycles. The van der Waals surface area contributed by atoms with Crippen molar-refractivity contribution >= 4 is 46.2 Å². The maximum atomic E-state index is 13.0. The number of nitrogens with one attached hydrogen (secondary N) is 1. The highest BCUT2D eigenvalue weighted by Gasteiger charge is 2.40. The van der Waals surface area contributed by atoms with Crippen LogP contribution in [-0.2, 0) is 11.3 Å². The number of ether oxygens (including phenoxy) is 1. The minimum Gasteiger partial charge on any atom is -0.445 e. The van der Waals surface area contributed by atoms with Gasteiger partial charge in [0.15, 0.2) is 0 Å². The topological polar surface area (TPSA) is 91.4 Å². The predicted octanol–water partition coefficient (Wildman–Crippen LogP) is 4.00. The molecule has 0 radical (unpaired) electrons. The molecule has 5 rings (SSSR count). The first-order valence-electron chi connectivity index (χ1n) is 10.4. The van der Waals surface area contributed by atoms with Crippen LogP contribution in [0.5, 0.6) is 0 Å². The number of amides is 2. The van der Waals surface area contributed by atoms with E-state index in [2.05, 4.69) is 15.4 Å². The fourth-order valence-corrected chi connectivity index (χ4v) is 5.16. The van der Waals surface area contributed by atoms with Crippen LogP contribution in [-0.4, -0.2) is 63.4 Å². The second kappa shape index (κ2) is 8.60. The van der Waals surface area contributed by atoms with Crippen LogP contribution in [0.3, 0.4) is 0 Å². The van der Waals surface area contributed by atoms with Crippen molar-refractivity contribution in [2.45, 2.75) is 13.0 Å². The Hall–Kier alpha value is -2.84. The largest absolute Gasteiger partial charge is 0.445 e. The van der Waals surface area contributed by atoms with E-state index >= 15 is 0 Å². The van der Waals surface area contributed by atoms with E-state index < -0.39 is 0 Å². The van der Waals surface area contributed by atoms with E-state index in [1.165, 1.54) is 0 Å². The molecule has 2 amide bonds. The molecule has 0 saturated carbocycles. The number of likely N-dealkylation sites (tertiary alicyclic amines) is 2. The van der Waals surface area contributed by atoms with Gasteiger partial charge in [-0.15, -0.1) is 5.10 Å². The van der Waals surface area contributed by atoms with E-state index in [0.717, 1.165) is 17.5 Å². The first kappa shape index (κ1) is 21.0. The molecule has 32 heavy (non-hydrogen) atoms. The molecule has 3 heterocycles. The molecule has 8 nitrogen and oxygen atoms in total. The van der Waals surface area contributed by atoms with Crippen LogP contribution in [0.15, 0.2) is 36.4 Å². The number of aromatic nitrogens is 3. The van der Waals surface area contributed by atoms with E-state index in [9.17, 15) is 9.59 Å². The molecule has 0 bridgehead atoms. The summed E-state index contributed by atoms with van der Waals surface area (Å²) in [6.45, 7) is 2.62. The lowest BCUT2D eigenvalue weighted by atomic mass is 9.88. The lowest BCUT2D eigenvalue weighted by Crippen LogP contribution is -2.43. The summed E-state index contributed by atoms with van der Waals surface area (Å²) in [6.07, 6.45) is 0.501. The molecule has 10 heteroatoms. The van der Waals surface area contributed by atoms with Gasteiger partial charge in [0.05, 0.1) is 5.52 Å². The number of nitrogens with zero attached hydrogens (tertiary/aromatic N) is 4. The number of hydrogen-bond donors (Lipinski definition) is 1. The molecule has 1 N–H and O–H groups in total. The normalized spacial score (nSPS) is 20.4. The number of hydrogen-bond acceptors (Lipinski definition) is 5. The van der Waals surface area contributed by atoms with E-state index in [-0.39, 0.29) is 24.5 Å². The Morgan fingerprint density at radius 1 is 1.03 bits per heavy atom. The van der Waals surface area contributed by atoms with Gasteiger partial charge in [0, 0.05) is 41.8 Å². The van der Waals surface area contributed by atoms with Crippen molar-refractivity contribution in [3.8, 4) is 0 Å². The third-order valence-electron chi connectivity index (χ3n) is 6.20. The van der Waals surface area contributed by atoms with Crippen LogP contribution >= 0.6 is 23.2 Å². The van der Waals surface area contributed by atoms with E-state index in [1.807, 2.05) is 11.0 Å². The van der Waals surface area contributed by atoms with Gasteiger partial charge in [-0.2, -0.15) is 0 Å². The fraction of sp³-hybridized carbons (Fsp3) is 0.364. The van der Waals surface area contributed by atoms with Gasteiger partial charge in [0.25, 0.3) is 5.91 Å². The molecular weight excluding hydrogens is 453 g/mol. The van der Waals surface area contributed by atoms with Crippen LogP contribution in [0.4, 0.5) is 4.79 Å². The van der Waals surface area contributed by atoms with Crippen molar-refractivity contribution in [1.82, 2.24) is 25.2 Å². The zero-order valence-electron chi connectivity index (χ0n) is 17.1. The summed E-state index contributed by atoms with van der Waals surface area (Å²) >= 11 is 12.0. The third-order valence-corrected chi connectivity index (χ3v) is 6.64. The van der Waals surface area contributed by atoms with Gasteiger partial charge in [0.2, 0.25) is 0 Å². The number of carbonyl (C=O) groups is 2. The van der Waals surface area contributed by atoms with Gasteiger partial charge in [0.1, 0.15) is 12.1 Å². The maximum absolute atomic E-state index is 13.0. The Morgan fingerprint density at radius 2 is 1.78 bits per heavy atom. The Kier molecular flexibility index (Phi) is 5.65. The molecular formula is C22H21Cl2N5O3. The minimum absolute atomic E-state index is 0.0211. The summed E-state index contributed by atoms with van der Waals surface area (Å²) in [5.74, 6) is 0.578. The number of rotatable bonds is 3. The zero-order valence-corrected chi connectivity index (χ0v) is 18.6. The number of piperidine rings is 1. The molecule has 2 aromatic carbocycles. The minimum atomic E-state index is -0.357. The molecule has 2 atom stereocenters. The summed E-state index contributed by atoms with van der Waals surface area (Å²) in [6, 6.07) is 10.4. The molecule has 2 aliphatic heterocycles. The average molecular weight is 474 g/mol. The molecule has 2 saturated heterocycles. The van der Waals surface area contributed by atoms with Crippen LogP contribution in [0, 0.1) is 11.8 Å². The summed E-state index contributed by atoms with van der Waals surface area (Å²) in [5, 5.41) is 11.5. The van der Waals surface area contributed by atoms with Crippen LogP contribution < -0.4 is 0 Å². The maximum Gasteiger partial charge on any atom is 0.410 e. The number of benzene rings is 2. The molecule has 2 aliphatic rings. The summed E-state index contributed by atoms with van der Waals surface area (Å²) < 4.78 is 5.48. The summed E-state index contributed by atoms with van der Waals surface area (Å²) in [7, 11) is 0. The molecule has 2 fully saturated rings. The Labute approximate surface area is 194 Å². The summed E-state index contributed by atoms with van der Waals surface area (Å²) in [4.78, 5) is 29.2. The van der Waals surface area contributed by atoms with Crippen molar-refractivity contribution in [1.29, 1.82) is 0 Å². The van der Waals surface area contributed by atoms with Crippen molar-refractivity contribution in [2.75, 3.05) is 26.2 Å². The van der Waals surface area contributed by atoms with Gasteiger partial charge in [-0.1, -0.05) is 28.4 Å². The van der Waals surface area contributed by atoms with Crippen LogP contribution in [0.1, 0.15) is 22.3 Å².